The molecule has 1 aromatic carbocycles. The minimum Gasteiger partial charge on any atom is -0.493 e. The van der Waals surface area contributed by atoms with Gasteiger partial charge in [-0.05, 0) is 6.07 Å². The van der Waals surface area contributed by atoms with Crippen molar-refractivity contribution in [3.05, 3.63) is 41.5 Å². The van der Waals surface area contributed by atoms with E-state index in [2.05, 4.69) is 15.5 Å². The van der Waals surface area contributed by atoms with Crippen LogP contribution >= 0.6 is 0 Å². The third-order valence-electron chi connectivity index (χ3n) is 4.38. The van der Waals surface area contributed by atoms with E-state index in [1.54, 1.807) is 12.1 Å². The zero-order valence-electron chi connectivity index (χ0n) is 13.1. The van der Waals surface area contributed by atoms with Crippen LogP contribution < -0.4 is 10.1 Å². The number of aryl methyl sites for hydroxylation is 1. The van der Waals surface area contributed by atoms with Crippen LogP contribution in [0.25, 0.3) is 0 Å². The molecule has 2 aromatic rings. The Morgan fingerprint density at radius 3 is 2.96 bits per heavy atom. The summed E-state index contributed by atoms with van der Waals surface area (Å²) in [7, 11) is 0. The average Bonchev–Trinajstić information content (AvgIpc) is 3.15. The first-order valence-corrected chi connectivity index (χ1v) is 7.82. The van der Waals surface area contributed by atoms with Gasteiger partial charge in [-0.25, -0.2) is 4.79 Å². The molecule has 0 saturated carbocycles. The second-order valence-electron chi connectivity index (χ2n) is 5.78. The van der Waals surface area contributed by atoms with Crippen molar-refractivity contribution in [2.24, 2.45) is 0 Å². The molecule has 1 fully saturated rings. The van der Waals surface area contributed by atoms with Crippen LogP contribution in [0, 0.1) is 0 Å². The Balaban J connectivity index is 1.67. The number of imide groups is 1. The highest BCUT2D eigenvalue weighted by Gasteiger charge is 2.55. The zero-order chi connectivity index (χ0) is 16.7. The van der Waals surface area contributed by atoms with Crippen LogP contribution in [-0.2, 0) is 23.3 Å². The summed E-state index contributed by atoms with van der Waals surface area (Å²) in [4.78, 5) is 30.7. The van der Waals surface area contributed by atoms with E-state index in [1.807, 2.05) is 19.1 Å². The predicted octanol–water partition coefficient (Wildman–Crippen LogP) is 1.36. The number of hydrogen-bond acceptors (Lipinski definition) is 6. The molecular formula is C16H16N4O4. The summed E-state index contributed by atoms with van der Waals surface area (Å²) >= 11 is 0. The van der Waals surface area contributed by atoms with Gasteiger partial charge in [0, 0.05) is 18.4 Å². The summed E-state index contributed by atoms with van der Waals surface area (Å²) in [6.45, 7) is 2.22. The third kappa shape index (κ3) is 2.06. The van der Waals surface area contributed by atoms with E-state index < -0.39 is 11.6 Å². The molecule has 8 heteroatoms. The van der Waals surface area contributed by atoms with Crippen molar-refractivity contribution in [1.82, 2.24) is 20.4 Å². The van der Waals surface area contributed by atoms with Crippen molar-refractivity contribution in [3.8, 4) is 5.75 Å². The Hall–Kier alpha value is -2.90. The number of nitrogens with one attached hydrogen (secondary N) is 1. The quantitative estimate of drug-likeness (QED) is 0.855. The second-order valence-corrected chi connectivity index (χ2v) is 5.78. The molecule has 0 bridgehead atoms. The van der Waals surface area contributed by atoms with Crippen molar-refractivity contribution >= 4 is 11.9 Å². The summed E-state index contributed by atoms with van der Waals surface area (Å²) in [5.41, 5.74) is -0.406. The van der Waals surface area contributed by atoms with Gasteiger partial charge in [-0.3, -0.25) is 9.69 Å². The first kappa shape index (κ1) is 14.7. The molecule has 1 saturated heterocycles. The second kappa shape index (κ2) is 5.33. The van der Waals surface area contributed by atoms with Gasteiger partial charge in [-0.15, -0.1) is 0 Å². The van der Waals surface area contributed by atoms with Crippen molar-refractivity contribution in [1.29, 1.82) is 0 Å². The number of fused-ring (bicyclic) bond motifs is 2. The molecule has 1 spiro atoms. The maximum absolute atomic E-state index is 13.0. The van der Waals surface area contributed by atoms with E-state index in [9.17, 15) is 9.59 Å². The number of ether oxygens (including phenoxy) is 1. The van der Waals surface area contributed by atoms with Crippen molar-refractivity contribution in [2.75, 3.05) is 6.61 Å². The largest absolute Gasteiger partial charge is 0.493 e. The number of aromatic nitrogens is 2. The van der Waals surface area contributed by atoms with Gasteiger partial charge >= 0.3 is 6.03 Å². The maximum atomic E-state index is 13.0. The highest BCUT2D eigenvalue weighted by Crippen LogP contribution is 2.41. The van der Waals surface area contributed by atoms with Crippen LogP contribution in [0.15, 0.2) is 28.8 Å². The smallest absolute Gasteiger partial charge is 0.325 e. The molecular weight excluding hydrogens is 312 g/mol. The van der Waals surface area contributed by atoms with Crippen molar-refractivity contribution in [2.45, 2.75) is 31.8 Å². The number of para-hydroxylation sites is 1. The molecule has 1 unspecified atom stereocenters. The van der Waals surface area contributed by atoms with Crippen LogP contribution in [0.3, 0.4) is 0 Å². The lowest BCUT2D eigenvalue weighted by atomic mass is 9.84. The van der Waals surface area contributed by atoms with Gasteiger partial charge in [0.15, 0.2) is 11.4 Å². The lowest BCUT2D eigenvalue weighted by molar-refractivity contribution is -0.133. The number of amides is 3. The number of carbonyl (C=O) groups excluding carboxylic acids is 2. The van der Waals surface area contributed by atoms with Crippen LogP contribution in [0.1, 0.15) is 30.6 Å². The molecule has 3 amide bonds. The van der Waals surface area contributed by atoms with Crippen molar-refractivity contribution < 1.29 is 18.8 Å². The molecule has 8 nitrogen and oxygen atoms in total. The highest BCUT2D eigenvalue weighted by atomic mass is 16.5. The van der Waals surface area contributed by atoms with Gasteiger partial charge in [-0.1, -0.05) is 30.3 Å². The van der Waals surface area contributed by atoms with Gasteiger partial charge in [-0.2, -0.15) is 4.98 Å². The van der Waals surface area contributed by atoms with E-state index in [4.69, 9.17) is 9.26 Å². The SMILES string of the molecule is CCc1noc(CN2C(=O)NC3(CCOc4ccccc43)C2=O)n1. The van der Waals surface area contributed by atoms with E-state index in [-0.39, 0.29) is 18.3 Å². The van der Waals surface area contributed by atoms with E-state index in [0.717, 1.165) is 4.90 Å². The van der Waals surface area contributed by atoms with Crippen LogP contribution in [0.2, 0.25) is 0 Å². The predicted molar refractivity (Wildman–Crippen MR) is 81.0 cm³/mol. The molecule has 3 heterocycles. The van der Waals surface area contributed by atoms with Gasteiger partial charge in [0.25, 0.3) is 5.91 Å². The lowest BCUT2D eigenvalue weighted by Gasteiger charge is -2.33. The van der Waals surface area contributed by atoms with Crippen LogP contribution in [0.5, 0.6) is 5.75 Å². The van der Waals surface area contributed by atoms with E-state index >= 15 is 0 Å². The van der Waals surface area contributed by atoms with Crippen LogP contribution in [0.4, 0.5) is 4.79 Å². The fourth-order valence-electron chi connectivity index (χ4n) is 3.15. The summed E-state index contributed by atoms with van der Waals surface area (Å²) in [6.07, 6.45) is 1.01. The number of hydrogen-bond donors (Lipinski definition) is 1. The molecule has 2 aliphatic heterocycles. The van der Waals surface area contributed by atoms with Gasteiger partial charge in [0.05, 0.1) is 6.61 Å². The lowest BCUT2D eigenvalue weighted by Crippen LogP contribution is -2.47. The fourth-order valence-corrected chi connectivity index (χ4v) is 3.15. The molecule has 0 radical (unpaired) electrons. The molecule has 124 valence electrons. The first-order chi connectivity index (χ1) is 11.6. The molecule has 1 aromatic heterocycles. The van der Waals surface area contributed by atoms with Crippen molar-refractivity contribution in [3.63, 3.8) is 0 Å². The normalized spacial score (nSPS) is 22.5. The summed E-state index contributed by atoms with van der Waals surface area (Å²) in [6, 6.07) is 6.79. The minimum atomic E-state index is -1.08. The Bertz CT molecular complexity index is 818. The summed E-state index contributed by atoms with van der Waals surface area (Å²) < 4.78 is 10.7. The van der Waals surface area contributed by atoms with Crippen LogP contribution in [-0.4, -0.2) is 33.6 Å². The number of nitrogens with zero attached hydrogens (tertiary/aromatic N) is 3. The first-order valence-electron chi connectivity index (χ1n) is 7.82. The third-order valence-corrected chi connectivity index (χ3v) is 4.38. The molecule has 1 N–H and O–H groups in total. The monoisotopic (exact) mass is 328 g/mol. The molecule has 1 atom stereocenters. The zero-order valence-corrected chi connectivity index (χ0v) is 13.1. The van der Waals surface area contributed by atoms with E-state index in [0.29, 0.717) is 36.6 Å². The minimum absolute atomic E-state index is 0.0392. The standard InChI is InChI=1S/C16H16N4O4/c1-2-12-17-13(24-19-12)9-20-14(21)16(18-15(20)22)7-8-23-11-6-4-3-5-10(11)16/h3-6H,2,7-9H2,1H3,(H,18,22). The molecule has 24 heavy (non-hydrogen) atoms. The topological polar surface area (TPSA) is 97.6 Å². The fraction of sp³-hybridized carbons (Fsp3) is 0.375. The molecule has 0 aliphatic carbocycles. The Kier molecular flexibility index (Phi) is 3.26. The maximum Gasteiger partial charge on any atom is 0.325 e. The highest BCUT2D eigenvalue weighted by molar-refractivity contribution is 6.07. The summed E-state index contributed by atoms with van der Waals surface area (Å²) in [5.74, 6) is 1.08. The Morgan fingerprint density at radius 1 is 1.33 bits per heavy atom. The molecule has 2 aliphatic rings. The number of urea groups is 1. The summed E-state index contributed by atoms with van der Waals surface area (Å²) in [5, 5.41) is 6.62. The molecule has 4 rings (SSSR count). The van der Waals surface area contributed by atoms with Gasteiger partial charge < -0.3 is 14.6 Å². The Morgan fingerprint density at radius 2 is 2.17 bits per heavy atom. The average molecular weight is 328 g/mol. The number of carbonyl (C=O) groups is 2. The Labute approximate surface area is 137 Å². The van der Waals surface area contributed by atoms with E-state index in [1.165, 1.54) is 0 Å². The van der Waals surface area contributed by atoms with Gasteiger partial charge in [0.2, 0.25) is 5.89 Å². The number of benzene rings is 1. The van der Waals surface area contributed by atoms with Gasteiger partial charge in [0.1, 0.15) is 12.3 Å². The number of rotatable bonds is 3.